The van der Waals surface area contributed by atoms with E-state index in [1.807, 2.05) is 74.5 Å². The summed E-state index contributed by atoms with van der Waals surface area (Å²) < 4.78 is 2.22. The highest BCUT2D eigenvalue weighted by molar-refractivity contribution is 7.80. The Bertz CT molecular complexity index is 1540. The third-order valence-electron chi connectivity index (χ3n) is 6.98. The van der Waals surface area contributed by atoms with Gasteiger partial charge in [-0.3, -0.25) is 9.78 Å². The number of hydrogen-bond acceptors (Lipinski definition) is 3. The number of hydrogen-bond donors (Lipinski definition) is 2. The molecule has 1 aliphatic heterocycles. The number of nitrogens with one attached hydrogen (secondary N) is 2. The molecular formula is C30H29Cl2N5OS. The second-order valence-electron chi connectivity index (χ2n) is 9.94. The Morgan fingerprint density at radius 2 is 1.74 bits per heavy atom. The van der Waals surface area contributed by atoms with Gasteiger partial charge in [0, 0.05) is 39.9 Å². The Kier molecular flexibility index (Phi) is 7.67. The van der Waals surface area contributed by atoms with Crippen molar-refractivity contribution in [2.75, 3.05) is 10.2 Å². The Hall–Kier alpha value is -3.39. The molecule has 3 heterocycles. The van der Waals surface area contributed by atoms with Crippen molar-refractivity contribution >= 4 is 57.8 Å². The number of halogens is 2. The molecule has 9 heteroatoms. The summed E-state index contributed by atoms with van der Waals surface area (Å²) in [7, 11) is 0. The number of thiocarbonyl (C=S) groups is 1. The second kappa shape index (κ2) is 11.0. The number of aryl methyl sites for hydroxylation is 1. The normalized spacial score (nSPS) is 17.0. The molecule has 0 unspecified atom stereocenters. The van der Waals surface area contributed by atoms with Gasteiger partial charge in [0.1, 0.15) is 0 Å². The molecule has 0 bridgehead atoms. The molecular weight excluding hydrogens is 549 g/mol. The first kappa shape index (κ1) is 27.2. The van der Waals surface area contributed by atoms with Crippen LogP contribution in [-0.2, 0) is 4.79 Å². The quantitative estimate of drug-likeness (QED) is 0.231. The van der Waals surface area contributed by atoms with E-state index in [2.05, 4.69) is 45.0 Å². The minimum atomic E-state index is -0.202. The third-order valence-corrected chi connectivity index (χ3v) is 7.86. The first-order chi connectivity index (χ1) is 18.7. The summed E-state index contributed by atoms with van der Waals surface area (Å²) in [5.74, 6) is -0.249. The lowest BCUT2D eigenvalue weighted by Gasteiger charge is -2.28. The zero-order valence-corrected chi connectivity index (χ0v) is 24.4. The summed E-state index contributed by atoms with van der Waals surface area (Å²) in [5.41, 5.74) is 6.59. The van der Waals surface area contributed by atoms with Crippen LogP contribution in [0.4, 0.5) is 11.4 Å². The van der Waals surface area contributed by atoms with Crippen LogP contribution in [0.3, 0.4) is 0 Å². The number of rotatable bonds is 6. The standard InChI is InChI=1S/C30H29Cl2N5OS/c1-17(2)29(38)34-25-13-12-22(16-24(25)32)37-28(27(35-30(37)39)26-7-5-6-14-33-26)23-15-18(3)36(19(23)4)21-10-8-20(31)9-11-21/h5-17,27-28H,1-4H3,(H,34,38)(H,35,39)/t27-,28+/m1/s1. The van der Waals surface area contributed by atoms with Gasteiger partial charge in [-0.2, -0.15) is 0 Å². The topological polar surface area (TPSA) is 62.2 Å². The molecule has 0 spiro atoms. The molecule has 1 fully saturated rings. The van der Waals surface area contributed by atoms with Crippen molar-refractivity contribution in [3.8, 4) is 5.69 Å². The fraction of sp³-hybridized carbons (Fsp3) is 0.233. The van der Waals surface area contributed by atoms with E-state index in [1.165, 1.54) is 0 Å². The highest BCUT2D eigenvalue weighted by Gasteiger charge is 2.42. The van der Waals surface area contributed by atoms with Crippen LogP contribution in [0.2, 0.25) is 10.0 Å². The van der Waals surface area contributed by atoms with Crippen molar-refractivity contribution in [3.63, 3.8) is 0 Å². The molecule has 39 heavy (non-hydrogen) atoms. The number of pyridine rings is 1. The molecule has 1 aliphatic rings. The third kappa shape index (κ3) is 5.26. The van der Waals surface area contributed by atoms with Crippen molar-refractivity contribution in [1.29, 1.82) is 0 Å². The fourth-order valence-corrected chi connectivity index (χ4v) is 5.75. The van der Waals surface area contributed by atoms with Crippen molar-refractivity contribution in [2.24, 2.45) is 5.92 Å². The summed E-state index contributed by atoms with van der Waals surface area (Å²) >= 11 is 18.7. The van der Waals surface area contributed by atoms with Crippen LogP contribution in [0.15, 0.2) is 72.9 Å². The van der Waals surface area contributed by atoms with Crippen LogP contribution in [-0.4, -0.2) is 20.6 Å². The first-order valence-corrected chi connectivity index (χ1v) is 13.9. The molecule has 2 N–H and O–H groups in total. The van der Waals surface area contributed by atoms with Crippen LogP contribution in [0.25, 0.3) is 5.69 Å². The molecule has 0 saturated carbocycles. The van der Waals surface area contributed by atoms with Gasteiger partial charge in [-0.25, -0.2) is 0 Å². The monoisotopic (exact) mass is 577 g/mol. The van der Waals surface area contributed by atoms with E-state index in [4.69, 9.17) is 35.4 Å². The zero-order chi connectivity index (χ0) is 27.8. The molecule has 2 aromatic heterocycles. The Morgan fingerprint density at radius 3 is 2.38 bits per heavy atom. The van der Waals surface area contributed by atoms with E-state index in [0.29, 0.717) is 20.8 Å². The lowest BCUT2D eigenvalue weighted by atomic mass is 9.96. The van der Waals surface area contributed by atoms with E-state index in [1.54, 1.807) is 6.20 Å². The van der Waals surface area contributed by atoms with Crippen LogP contribution in [0.5, 0.6) is 0 Å². The van der Waals surface area contributed by atoms with E-state index in [0.717, 1.165) is 34.0 Å². The number of anilines is 2. The highest BCUT2D eigenvalue weighted by atomic mass is 35.5. The number of benzene rings is 2. The van der Waals surface area contributed by atoms with E-state index >= 15 is 0 Å². The highest BCUT2D eigenvalue weighted by Crippen LogP contribution is 2.44. The molecule has 2 atom stereocenters. The lowest BCUT2D eigenvalue weighted by Crippen LogP contribution is -2.29. The van der Waals surface area contributed by atoms with Crippen molar-refractivity contribution in [2.45, 2.75) is 39.8 Å². The summed E-state index contributed by atoms with van der Waals surface area (Å²) in [5, 5.41) is 8.11. The van der Waals surface area contributed by atoms with Gasteiger partial charge in [-0.15, -0.1) is 0 Å². The lowest BCUT2D eigenvalue weighted by molar-refractivity contribution is -0.118. The second-order valence-corrected chi connectivity index (χ2v) is 11.2. The smallest absolute Gasteiger partial charge is 0.226 e. The first-order valence-electron chi connectivity index (χ1n) is 12.7. The zero-order valence-electron chi connectivity index (χ0n) is 22.1. The number of amides is 1. The largest absolute Gasteiger partial charge is 0.351 e. The molecule has 4 aromatic rings. The predicted octanol–water partition coefficient (Wildman–Crippen LogP) is 7.57. The Morgan fingerprint density at radius 1 is 1.03 bits per heavy atom. The number of aromatic nitrogens is 2. The summed E-state index contributed by atoms with van der Waals surface area (Å²) in [4.78, 5) is 19.0. The van der Waals surface area contributed by atoms with Gasteiger partial charge >= 0.3 is 0 Å². The van der Waals surface area contributed by atoms with Crippen LogP contribution in [0.1, 0.15) is 48.6 Å². The van der Waals surface area contributed by atoms with Gasteiger partial charge in [-0.05, 0) is 92.3 Å². The maximum atomic E-state index is 12.3. The van der Waals surface area contributed by atoms with Gasteiger partial charge in [0.15, 0.2) is 5.11 Å². The minimum Gasteiger partial charge on any atom is -0.351 e. The van der Waals surface area contributed by atoms with Crippen molar-refractivity contribution in [3.05, 3.63) is 106 Å². The van der Waals surface area contributed by atoms with E-state index in [9.17, 15) is 4.79 Å². The van der Waals surface area contributed by atoms with Gasteiger partial charge in [0.05, 0.1) is 28.5 Å². The van der Waals surface area contributed by atoms with Crippen LogP contribution in [0, 0.1) is 19.8 Å². The fourth-order valence-electron chi connectivity index (χ4n) is 5.06. The number of carbonyl (C=O) groups excluding carboxylic acids is 1. The molecule has 1 amide bonds. The van der Waals surface area contributed by atoms with Gasteiger partial charge in [0.2, 0.25) is 5.91 Å². The van der Waals surface area contributed by atoms with Crippen LogP contribution >= 0.6 is 35.4 Å². The van der Waals surface area contributed by atoms with E-state index < -0.39 is 0 Å². The molecule has 1 saturated heterocycles. The molecule has 0 aliphatic carbocycles. The Labute approximate surface area is 244 Å². The molecule has 200 valence electrons. The van der Waals surface area contributed by atoms with Crippen molar-refractivity contribution in [1.82, 2.24) is 14.9 Å². The van der Waals surface area contributed by atoms with Gasteiger partial charge in [-0.1, -0.05) is 43.1 Å². The average molecular weight is 579 g/mol. The SMILES string of the molecule is Cc1cc([C@H]2[C@@H](c3ccccn3)NC(=S)N2c2ccc(NC(=O)C(C)C)c(Cl)c2)c(C)n1-c1ccc(Cl)cc1. The maximum absolute atomic E-state index is 12.3. The predicted molar refractivity (Wildman–Crippen MR) is 163 cm³/mol. The minimum absolute atomic E-state index is 0.0919. The summed E-state index contributed by atoms with van der Waals surface area (Å²) in [6.07, 6.45) is 1.79. The average Bonchev–Trinajstić information content (AvgIpc) is 3.41. The molecule has 0 radical (unpaired) electrons. The van der Waals surface area contributed by atoms with E-state index in [-0.39, 0.29) is 23.9 Å². The van der Waals surface area contributed by atoms with Gasteiger partial charge in [0.25, 0.3) is 0 Å². The number of nitrogens with zero attached hydrogens (tertiary/aromatic N) is 3. The van der Waals surface area contributed by atoms with Crippen LogP contribution < -0.4 is 15.5 Å². The van der Waals surface area contributed by atoms with Crippen molar-refractivity contribution < 1.29 is 4.79 Å². The Balaban J connectivity index is 1.61. The summed E-state index contributed by atoms with van der Waals surface area (Å²) in [6.45, 7) is 7.89. The van der Waals surface area contributed by atoms with Gasteiger partial charge < -0.3 is 20.1 Å². The molecule has 5 rings (SSSR count). The summed E-state index contributed by atoms with van der Waals surface area (Å²) in [6, 6.07) is 21.1. The number of carbonyl (C=O) groups is 1. The molecule has 6 nitrogen and oxygen atoms in total. The maximum Gasteiger partial charge on any atom is 0.226 e. The molecule has 2 aromatic carbocycles.